The summed E-state index contributed by atoms with van der Waals surface area (Å²) in [5, 5.41) is 15.5. The molecule has 7 heteroatoms. The van der Waals surface area contributed by atoms with Gasteiger partial charge in [-0.05, 0) is 37.1 Å². The number of hydrogen-bond donors (Lipinski definition) is 2. The Bertz CT molecular complexity index is 679. The van der Waals surface area contributed by atoms with Crippen LogP contribution in [0.25, 0.3) is 0 Å². The Kier molecular flexibility index (Phi) is 5.35. The third-order valence-electron chi connectivity index (χ3n) is 3.48. The number of aromatic carboxylic acids is 1. The summed E-state index contributed by atoms with van der Waals surface area (Å²) in [6.07, 6.45) is 2.18. The van der Waals surface area contributed by atoms with Crippen LogP contribution in [0, 0.1) is 0 Å². The summed E-state index contributed by atoms with van der Waals surface area (Å²) in [6.45, 7) is 2.16. The number of methoxy groups -OCH3 is 1. The van der Waals surface area contributed by atoms with Gasteiger partial charge in [0, 0.05) is 12.7 Å². The molecule has 1 amide bonds. The molecule has 122 valence electrons. The van der Waals surface area contributed by atoms with Crippen molar-refractivity contribution in [3.63, 3.8) is 0 Å². The summed E-state index contributed by atoms with van der Waals surface area (Å²) in [5.74, 6) is -0.534. The van der Waals surface area contributed by atoms with Gasteiger partial charge in [-0.15, -0.1) is 0 Å². The summed E-state index contributed by atoms with van der Waals surface area (Å²) >= 11 is 0. The number of carboxylic acid groups (broad SMARTS) is 1. The van der Waals surface area contributed by atoms with E-state index in [4.69, 9.17) is 9.84 Å². The number of carboxylic acids is 1. The standard InChI is InChI=1S/C16H19N3O4/c1-11(19-10-8-14(18-19)16(21)22)15(20)17-9-7-12-3-5-13(23-2)6-4-12/h3-6,8,10-11H,7,9H2,1-2H3,(H,17,20)(H,21,22). The molecule has 0 aliphatic heterocycles. The van der Waals surface area contributed by atoms with Gasteiger partial charge in [-0.25, -0.2) is 4.79 Å². The maximum Gasteiger partial charge on any atom is 0.356 e. The van der Waals surface area contributed by atoms with E-state index in [0.29, 0.717) is 13.0 Å². The maximum atomic E-state index is 12.1. The first kappa shape index (κ1) is 16.5. The fourth-order valence-corrected chi connectivity index (χ4v) is 2.06. The van der Waals surface area contributed by atoms with Gasteiger partial charge in [0.05, 0.1) is 7.11 Å². The third kappa shape index (κ3) is 4.32. The number of ether oxygens (including phenoxy) is 1. The van der Waals surface area contributed by atoms with Crippen molar-refractivity contribution in [2.24, 2.45) is 0 Å². The smallest absolute Gasteiger partial charge is 0.356 e. The molecule has 7 nitrogen and oxygen atoms in total. The van der Waals surface area contributed by atoms with Crippen molar-refractivity contribution in [1.82, 2.24) is 15.1 Å². The highest BCUT2D eigenvalue weighted by Gasteiger charge is 2.17. The van der Waals surface area contributed by atoms with E-state index in [-0.39, 0.29) is 11.6 Å². The molecule has 0 saturated heterocycles. The minimum Gasteiger partial charge on any atom is -0.497 e. The van der Waals surface area contributed by atoms with Gasteiger partial charge in [0.15, 0.2) is 5.69 Å². The van der Waals surface area contributed by atoms with Crippen molar-refractivity contribution >= 4 is 11.9 Å². The number of rotatable bonds is 7. The number of amides is 1. The molecule has 0 saturated carbocycles. The number of nitrogens with one attached hydrogen (secondary N) is 1. The van der Waals surface area contributed by atoms with Crippen LogP contribution >= 0.6 is 0 Å². The molecule has 0 bridgehead atoms. The van der Waals surface area contributed by atoms with Gasteiger partial charge in [-0.3, -0.25) is 9.48 Å². The molecule has 0 aliphatic carbocycles. The molecule has 0 fully saturated rings. The molecule has 0 radical (unpaired) electrons. The summed E-state index contributed by atoms with van der Waals surface area (Å²) < 4.78 is 6.43. The van der Waals surface area contributed by atoms with Gasteiger partial charge in [0.25, 0.3) is 0 Å². The first-order valence-electron chi connectivity index (χ1n) is 7.20. The van der Waals surface area contributed by atoms with Crippen LogP contribution in [0.2, 0.25) is 0 Å². The second-order valence-electron chi connectivity index (χ2n) is 5.05. The first-order chi connectivity index (χ1) is 11.0. The van der Waals surface area contributed by atoms with Gasteiger partial charge in [0.2, 0.25) is 5.91 Å². The quantitative estimate of drug-likeness (QED) is 0.807. The Hall–Kier alpha value is -2.83. The minimum atomic E-state index is -1.11. The van der Waals surface area contributed by atoms with Crippen LogP contribution in [0.3, 0.4) is 0 Å². The first-order valence-corrected chi connectivity index (χ1v) is 7.20. The molecular weight excluding hydrogens is 298 g/mol. The van der Waals surface area contributed by atoms with E-state index in [1.807, 2.05) is 24.3 Å². The van der Waals surface area contributed by atoms with Gasteiger partial charge >= 0.3 is 5.97 Å². The third-order valence-corrected chi connectivity index (χ3v) is 3.48. The van der Waals surface area contributed by atoms with Crippen molar-refractivity contribution < 1.29 is 19.4 Å². The van der Waals surface area contributed by atoms with Crippen molar-refractivity contribution in [3.05, 3.63) is 47.8 Å². The molecule has 23 heavy (non-hydrogen) atoms. The molecule has 1 unspecified atom stereocenters. The van der Waals surface area contributed by atoms with Crippen molar-refractivity contribution in [2.75, 3.05) is 13.7 Å². The summed E-state index contributed by atoms with van der Waals surface area (Å²) in [4.78, 5) is 22.9. The normalized spacial score (nSPS) is 11.7. The zero-order valence-electron chi connectivity index (χ0n) is 13.0. The average molecular weight is 317 g/mol. The van der Waals surface area contributed by atoms with E-state index in [0.717, 1.165) is 11.3 Å². The van der Waals surface area contributed by atoms with Crippen molar-refractivity contribution in [3.8, 4) is 5.75 Å². The lowest BCUT2D eigenvalue weighted by Gasteiger charge is -2.12. The molecule has 1 aromatic carbocycles. The lowest BCUT2D eigenvalue weighted by molar-refractivity contribution is -0.124. The van der Waals surface area contributed by atoms with Crippen LogP contribution in [0.1, 0.15) is 29.0 Å². The molecule has 2 N–H and O–H groups in total. The second kappa shape index (κ2) is 7.44. The van der Waals surface area contributed by atoms with Crippen molar-refractivity contribution in [2.45, 2.75) is 19.4 Å². The summed E-state index contributed by atoms with van der Waals surface area (Å²) in [7, 11) is 1.61. The van der Waals surface area contributed by atoms with Crippen LogP contribution in [0.5, 0.6) is 5.75 Å². The number of carbonyl (C=O) groups is 2. The molecule has 0 aliphatic rings. The lowest BCUT2D eigenvalue weighted by atomic mass is 10.1. The van der Waals surface area contributed by atoms with Gasteiger partial charge in [-0.2, -0.15) is 5.10 Å². The Morgan fingerprint density at radius 1 is 1.30 bits per heavy atom. The number of carbonyl (C=O) groups excluding carboxylic acids is 1. The van der Waals surface area contributed by atoms with Crippen molar-refractivity contribution in [1.29, 1.82) is 0 Å². The van der Waals surface area contributed by atoms with E-state index in [1.54, 1.807) is 14.0 Å². The summed E-state index contributed by atoms with van der Waals surface area (Å²) in [5.41, 5.74) is 1.01. The molecular formula is C16H19N3O4. The van der Waals surface area contributed by atoms with Crippen LogP contribution in [-0.4, -0.2) is 40.4 Å². The monoisotopic (exact) mass is 317 g/mol. The van der Waals surface area contributed by atoms with Crippen LogP contribution in [0.15, 0.2) is 36.5 Å². The molecule has 1 atom stereocenters. The van der Waals surface area contributed by atoms with E-state index < -0.39 is 12.0 Å². The lowest BCUT2D eigenvalue weighted by Crippen LogP contribution is -2.32. The van der Waals surface area contributed by atoms with E-state index in [9.17, 15) is 9.59 Å². The van der Waals surface area contributed by atoms with Crippen LogP contribution < -0.4 is 10.1 Å². The van der Waals surface area contributed by atoms with Gasteiger partial charge in [0.1, 0.15) is 11.8 Å². The molecule has 0 spiro atoms. The highest BCUT2D eigenvalue weighted by molar-refractivity contribution is 5.85. The minimum absolute atomic E-state index is 0.0807. The Morgan fingerprint density at radius 3 is 2.57 bits per heavy atom. The van der Waals surface area contributed by atoms with Crippen LogP contribution in [0.4, 0.5) is 0 Å². The number of nitrogens with zero attached hydrogens (tertiary/aromatic N) is 2. The molecule has 1 aromatic heterocycles. The largest absolute Gasteiger partial charge is 0.497 e. The number of aromatic nitrogens is 2. The van der Waals surface area contributed by atoms with Gasteiger partial charge in [-0.1, -0.05) is 12.1 Å². The Morgan fingerprint density at radius 2 is 2.00 bits per heavy atom. The zero-order valence-corrected chi connectivity index (χ0v) is 13.0. The number of benzene rings is 1. The zero-order chi connectivity index (χ0) is 16.8. The maximum absolute atomic E-state index is 12.1. The Balaban J connectivity index is 1.84. The van der Waals surface area contributed by atoms with Gasteiger partial charge < -0.3 is 15.2 Å². The molecule has 2 rings (SSSR count). The van der Waals surface area contributed by atoms with E-state index >= 15 is 0 Å². The highest BCUT2D eigenvalue weighted by atomic mass is 16.5. The fraction of sp³-hybridized carbons (Fsp3) is 0.312. The highest BCUT2D eigenvalue weighted by Crippen LogP contribution is 2.11. The van der Waals surface area contributed by atoms with Crippen LogP contribution in [-0.2, 0) is 11.2 Å². The fourth-order valence-electron chi connectivity index (χ4n) is 2.06. The average Bonchev–Trinajstić information content (AvgIpc) is 3.05. The number of hydrogen-bond acceptors (Lipinski definition) is 4. The Labute approximate surface area is 133 Å². The topological polar surface area (TPSA) is 93.5 Å². The SMILES string of the molecule is COc1ccc(CCNC(=O)C(C)n2ccc(C(=O)O)n2)cc1. The molecule has 2 aromatic rings. The van der Waals surface area contributed by atoms with E-state index in [1.165, 1.54) is 16.9 Å². The van der Waals surface area contributed by atoms with E-state index in [2.05, 4.69) is 10.4 Å². The predicted molar refractivity (Wildman–Crippen MR) is 83.6 cm³/mol. The summed E-state index contributed by atoms with van der Waals surface area (Å²) in [6, 6.07) is 8.43. The second-order valence-corrected chi connectivity index (χ2v) is 5.05. The predicted octanol–water partition coefficient (Wildman–Crippen LogP) is 1.51. The molecule has 1 heterocycles.